The van der Waals surface area contributed by atoms with Crippen LogP contribution in [0.1, 0.15) is 5.56 Å². The van der Waals surface area contributed by atoms with Gasteiger partial charge in [-0.2, -0.15) is 0 Å². The van der Waals surface area contributed by atoms with E-state index in [1.165, 1.54) is 5.56 Å². The van der Waals surface area contributed by atoms with Crippen LogP contribution in [0.5, 0.6) is 0 Å². The van der Waals surface area contributed by atoms with Crippen molar-refractivity contribution in [3.8, 4) is 0 Å². The van der Waals surface area contributed by atoms with Gasteiger partial charge in [0, 0.05) is 30.3 Å². The van der Waals surface area contributed by atoms with E-state index in [4.69, 9.17) is 11.6 Å². The average molecular weight is 263 g/mol. The van der Waals surface area contributed by atoms with E-state index in [0.29, 0.717) is 6.54 Å². The first-order valence-corrected chi connectivity index (χ1v) is 6.58. The fourth-order valence-electron chi connectivity index (χ4n) is 2.55. The molecule has 3 nitrogen and oxygen atoms in total. The summed E-state index contributed by atoms with van der Waals surface area (Å²) >= 11 is 5.98. The number of halogens is 1. The molecule has 4 heteroatoms. The van der Waals surface area contributed by atoms with Gasteiger partial charge in [-0.1, -0.05) is 23.8 Å². The van der Waals surface area contributed by atoms with Crippen molar-refractivity contribution in [2.75, 3.05) is 31.1 Å². The van der Waals surface area contributed by atoms with E-state index >= 15 is 0 Å². The highest BCUT2D eigenvalue weighted by Crippen LogP contribution is 2.30. The number of hydrogen-bond donors (Lipinski definition) is 0. The second-order valence-electron chi connectivity index (χ2n) is 4.71. The summed E-state index contributed by atoms with van der Waals surface area (Å²) in [5, 5.41) is 0.769. The number of carbonyl (C=O) groups excluding carboxylic acids is 1. The van der Waals surface area contributed by atoms with Gasteiger partial charge in [-0.3, -0.25) is 4.79 Å². The molecule has 0 aliphatic carbocycles. The predicted molar refractivity (Wildman–Crippen MR) is 73.1 cm³/mol. The lowest BCUT2D eigenvalue weighted by atomic mass is 10.2. The minimum absolute atomic E-state index is 0.197. The van der Waals surface area contributed by atoms with Crippen LogP contribution < -0.4 is 4.90 Å². The Morgan fingerprint density at radius 3 is 2.83 bits per heavy atom. The number of benzene rings is 1. The van der Waals surface area contributed by atoms with Crippen molar-refractivity contribution >= 4 is 23.2 Å². The molecule has 0 radical (unpaired) electrons. The Hall–Kier alpha value is -1.48. The highest BCUT2D eigenvalue weighted by atomic mass is 35.5. The number of hydrogen-bond acceptors (Lipinski definition) is 2. The van der Waals surface area contributed by atoms with Gasteiger partial charge in [0.1, 0.15) is 0 Å². The lowest BCUT2D eigenvalue weighted by Gasteiger charge is -2.23. The standard InChI is InChI=1S/C14H15ClN2O/c15-12-3-4-13-11(9-12)5-8-17(13)10-14(18)16-6-1-2-7-16/h1-4,9H,5-8,10H2. The number of anilines is 1. The molecule has 0 spiro atoms. The summed E-state index contributed by atoms with van der Waals surface area (Å²) in [6, 6.07) is 5.90. The Kier molecular flexibility index (Phi) is 3.00. The Balaban J connectivity index is 1.71. The first kappa shape index (κ1) is 11.6. The quantitative estimate of drug-likeness (QED) is 0.762. The fraction of sp³-hybridized carbons (Fsp3) is 0.357. The lowest BCUT2D eigenvalue weighted by Crippen LogP contribution is -2.38. The predicted octanol–water partition coefficient (Wildman–Crippen LogP) is 2.10. The zero-order chi connectivity index (χ0) is 12.5. The van der Waals surface area contributed by atoms with Gasteiger partial charge in [0.25, 0.3) is 0 Å². The summed E-state index contributed by atoms with van der Waals surface area (Å²) in [5.74, 6) is 0.197. The summed E-state index contributed by atoms with van der Waals surface area (Å²) in [4.78, 5) is 16.1. The number of amides is 1. The largest absolute Gasteiger partial charge is 0.362 e. The van der Waals surface area contributed by atoms with Crippen LogP contribution in [0, 0.1) is 0 Å². The second kappa shape index (κ2) is 4.65. The van der Waals surface area contributed by atoms with Crippen molar-refractivity contribution in [2.45, 2.75) is 6.42 Å². The maximum Gasteiger partial charge on any atom is 0.242 e. The molecule has 1 aromatic carbocycles. The van der Waals surface area contributed by atoms with Crippen molar-refractivity contribution in [3.63, 3.8) is 0 Å². The average Bonchev–Trinajstić information content (AvgIpc) is 2.98. The Labute approximate surface area is 112 Å². The van der Waals surface area contributed by atoms with Crippen LogP contribution in [0.15, 0.2) is 30.4 Å². The third kappa shape index (κ3) is 2.10. The highest BCUT2D eigenvalue weighted by Gasteiger charge is 2.23. The third-order valence-electron chi connectivity index (χ3n) is 3.53. The SMILES string of the molecule is O=C(CN1CCc2cc(Cl)ccc21)N1CC=CC1. The Morgan fingerprint density at radius 1 is 1.28 bits per heavy atom. The van der Waals surface area contributed by atoms with E-state index in [9.17, 15) is 4.79 Å². The zero-order valence-electron chi connectivity index (χ0n) is 10.1. The van der Waals surface area contributed by atoms with Crippen molar-refractivity contribution < 1.29 is 4.79 Å². The van der Waals surface area contributed by atoms with Crippen LogP contribution in [0.4, 0.5) is 5.69 Å². The zero-order valence-corrected chi connectivity index (χ0v) is 10.9. The monoisotopic (exact) mass is 262 g/mol. The molecule has 0 bridgehead atoms. The fourth-order valence-corrected chi connectivity index (χ4v) is 2.74. The molecule has 0 aromatic heterocycles. The normalized spacial score (nSPS) is 17.4. The maximum atomic E-state index is 12.1. The Morgan fingerprint density at radius 2 is 2.06 bits per heavy atom. The van der Waals surface area contributed by atoms with Gasteiger partial charge in [-0.25, -0.2) is 0 Å². The first-order valence-electron chi connectivity index (χ1n) is 6.20. The van der Waals surface area contributed by atoms with Gasteiger partial charge in [0.15, 0.2) is 0 Å². The minimum atomic E-state index is 0.197. The van der Waals surface area contributed by atoms with Crippen LogP contribution >= 0.6 is 11.6 Å². The van der Waals surface area contributed by atoms with Gasteiger partial charge >= 0.3 is 0 Å². The number of fused-ring (bicyclic) bond motifs is 1. The van der Waals surface area contributed by atoms with Crippen LogP contribution in [-0.4, -0.2) is 37.0 Å². The number of nitrogens with zero attached hydrogens (tertiary/aromatic N) is 2. The Bertz CT molecular complexity index is 505. The molecular weight excluding hydrogens is 248 g/mol. The van der Waals surface area contributed by atoms with Gasteiger partial charge in [-0.05, 0) is 30.2 Å². The number of carbonyl (C=O) groups is 1. The molecule has 0 unspecified atom stereocenters. The molecule has 2 heterocycles. The van der Waals surface area contributed by atoms with Crippen molar-refractivity contribution in [1.29, 1.82) is 0 Å². The molecule has 0 saturated carbocycles. The van der Waals surface area contributed by atoms with Crippen LogP contribution in [0.3, 0.4) is 0 Å². The van der Waals surface area contributed by atoms with Gasteiger partial charge in [-0.15, -0.1) is 0 Å². The molecule has 0 N–H and O–H groups in total. The third-order valence-corrected chi connectivity index (χ3v) is 3.77. The summed E-state index contributed by atoms with van der Waals surface area (Å²) in [6.07, 6.45) is 5.05. The van der Waals surface area contributed by atoms with E-state index < -0.39 is 0 Å². The molecule has 0 saturated heterocycles. The van der Waals surface area contributed by atoms with Crippen LogP contribution in [0.25, 0.3) is 0 Å². The smallest absolute Gasteiger partial charge is 0.242 e. The molecule has 2 aliphatic rings. The minimum Gasteiger partial charge on any atom is -0.362 e. The molecule has 1 aromatic rings. The molecule has 18 heavy (non-hydrogen) atoms. The van der Waals surface area contributed by atoms with Gasteiger partial charge in [0.2, 0.25) is 5.91 Å². The summed E-state index contributed by atoms with van der Waals surface area (Å²) in [5.41, 5.74) is 2.40. The van der Waals surface area contributed by atoms with Crippen molar-refractivity contribution in [3.05, 3.63) is 40.9 Å². The molecule has 1 amide bonds. The molecule has 2 aliphatic heterocycles. The molecular formula is C14H15ClN2O. The number of rotatable bonds is 2. The van der Waals surface area contributed by atoms with Crippen molar-refractivity contribution in [1.82, 2.24) is 4.90 Å². The maximum absolute atomic E-state index is 12.1. The summed E-state index contributed by atoms with van der Waals surface area (Å²) in [6.45, 7) is 2.87. The van der Waals surface area contributed by atoms with E-state index in [2.05, 4.69) is 4.90 Å². The van der Waals surface area contributed by atoms with E-state index in [1.807, 2.05) is 35.3 Å². The molecule has 3 rings (SSSR count). The molecule has 94 valence electrons. The molecule has 0 atom stereocenters. The summed E-state index contributed by atoms with van der Waals surface area (Å²) in [7, 11) is 0. The second-order valence-corrected chi connectivity index (χ2v) is 5.15. The van der Waals surface area contributed by atoms with E-state index in [0.717, 1.165) is 36.8 Å². The van der Waals surface area contributed by atoms with Gasteiger partial charge < -0.3 is 9.80 Å². The van der Waals surface area contributed by atoms with Crippen molar-refractivity contribution in [2.24, 2.45) is 0 Å². The van der Waals surface area contributed by atoms with Gasteiger partial charge in [0.05, 0.1) is 6.54 Å². The van der Waals surface area contributed by atoms with Crippen LogP contribution in [0.2, 0.25) is 5.02 Å². The van der Waals surface area contributed by atoms with E-state index in [-0.39, 0.29) is 5.91 Å². The molecule has 0 fully saturated rings. The highest BCUT2D eigenvalue weighted by molar-refractivity contribution is 6.30. The lowest BCUT2D eigenvalue weighted by molar-refractivity contribution is -0.128. The summed E-state index contributed by atoms with van der Waals surface area (Å²) < 4.78 is 0. The topological polar surface area (TPSA) is 23.6 Å². The van der Waals surface area contributed by atoms with Crippen LogP contribution in [-0.2, 0) is 11.2 Å². The first-order chi connectivity index (χ1) is 8.74. The van der Waals surface area contributed by atoms with E-state index in [1.54, 1.807) is 0 Å².